The Morgan fingerprint density at radius 1 is 0.875 bits per heavy atom. The van der Waals surface area contributed by atoms with Crippen LogP contribution in [0, 0.1) is 5.82 Å². The van der Waals surface area contributed by atoms with E-state index in [4.69, 9.17) is 21.7 Å². The summed E-state index contributed by atoms with van der Waals surface area (Å²) in [5, 5.41) is 5.21. The van der Waals surface area contributed by atoms with E-state index in [0.29, 0.717) is 11.4 Å². The van der Waals surface area contributed by atoms with E-state index in [1.807, 2.05) is 60.7 Å². The number of rotatable bonds is 5. The van der Waals surface area contributed by atoms with Crippen molar-refractivity contribution >= 4 is 33.0 Å². The van der Waals surface area contributed by atoms with Crippen LogP contribution in [0.15, 0.2) is 101 Å². The number of nitrogens with two attached hydrogens (primary N) is 1. The summed E-state index contributed by atoms with van der Waals surface area (Å²) in [6.45, 7) is 0. The van der Waals surface area contributed by atoms with Crippen molar-refractivity contribution in [1.82, 2.24) is 4.98 Å². The summed E-state index contributed by atoms with van der Waals surface area (Å²) in [6.07, 6.45) is 1.47. The molecular formula is C24H17ClFN3O2S. The first-order valence-corrected chi connectivity index (χ1v) is 11.4. The van der Waals surface area contributed by atoms with E-state index >= 15 is 0 Å². The number of aromatic nitrogens is 1. The van der Waals surface area contributed by atoms with Crippen LogP contribution in [0.4, 0.5) is 10.1 Å². The van der Waals surface area contributed by atoms with Gasteiger partial charge in [0.25, 0.3) is 0 Å². The minimum atomic E-state index is -4.02. The average molecular weight is 466 g/mol. The van der Waals surface area contributed by atoms with Gasteiger partial charge < -0.3 is 0 Å². The number of hydrogen-bond acceptors (Lipinski definition) is 4. The average Bonchev–Trinajstić information content (AvgIpc) is 2.79. The summed E-state index contributed by atoms with van der Waals surface area (Å²) < 4.78 is 38.0. The molecule has 32 heavy (non-hydrogen) atoms. The molecule has 0 bridgehead atoms. The molecule has 8 heteroatoms. The smallest absolute Gasteiger partial charge is 0.238 e. The third-order valence-electron chi connectivity index (χ3n) is 4.72. The van der Waals surface area contributed by atoms with E-state index in [2.05, 4.69) is 4.98 Å². The lowest BCUT2D eigenvalue weighted by atomic mass is 10.0. The van der Waals surface area contributed by atoms with Gasteiger partial charge in [-0.05, 0) is 24.3 Å². The molecule has 0 aliphatic rings. The van der Waals surface area contributed by atoms with Gasteiger partial charge in [0, 0.05) is 22.3 Å². The van der Waals surface area contributed by atoms with Crippen molar-refractivity contribution in [2.75, 3.05) is 0 Å². The molecule has 0 saturated carbocycles. The van der Waals surface area contributed by atoms with Crippen LogP contribution < -0.4 is 5.14 Å². The monoisotopic (exact) mass is 465 g/mol. The third kappa shape index (κ3) is 4.75. The molecule has 0 amide bonds. The van der Waals surface area contributed by atoms with Gasteiger partial charge >= 0.3 is 0 Å². The quantitative estimate of drug-likeness (QED) is 0.318. The third-order valence-corrected chi connectivity index (χ3v) is 5.93. The molecule has 1 heterocycles. The Bertz CT molecular complexity index is 1370. The van der Waals surface area contributed by atoms with E-state index < -0.39 is 15.8 Å². The van der Waals surface area contributed by atoms with Gasteiger partial charge in [0.05, 0.1) is 22.5 Å². The van der Waals surface area contributed by atoms with Gasteiger partial charge in [-0.25, -0.2) is 27.9 Å². The maximum atomic E-state index is 14.6. The van der Waals surface area contributed by atoms with Gasteiger partial charge in [-0.1, -0.05) is 72.3 Å². The molecule has 4 rings (SSSR count). The molecule has 1 aromatic heterocycles. The van der Waals surface area contributed by atoms with Crippen LogP contribution in [-0.4, -0.2) is 19.1 Å². The van der Waals surface area contributed by atoms with Gasteiger partial charge in [-0.15, -0.1) is 0 Å². The maximum absolute atomic E-state index is 14.6. The molecule has 0 fully saturated rings. The molecular weight excluding hydrogens is 449 g/mol. The number of sulfonamides is 1. The lowest BCUT2D eigenvalue weighted by Gasteiger charge is -2.10. The van der Waals surface area contributed by atoms with Crippen LogP contribution in [0.2, 0.25) is 5.15 Å². The van der Waals surface area contributed by atoms with Crippen LogP contribution in [0.25, 0.3) is 11.1 Å². The van der Waals surface area contributed by atoms with Gasteiger partial charge in [0.2, 0.25) is 10.0 Å². The Kier molecular flexibility index (Phi) is 6.14. The van der Waals surface area contributed by atoms with Crippen molar-refractivity contribution in [3.05, 3.63) is 113 Å². The molecule has 4 aromatic rings. The molecule has 0 spiro atoms. The van der Waals surface area contributed by atoms with Crippen molar-refractivity contribution in [3.63, 3.8) is 0 Å². The van der Waals surface area contributed by atoms with Crippen molar-refractivity contribution < 1.29 is 12.8 Å². The number of primary sulfonamides is 1. The minimum absolute atomic E-state index is 0.00962. The highest BCUT2D eigenvalue weighted by Gasteiger charge is 2.16. The lowest BCUT2D eigenvalue weighted by Crippen LogP contribution is -2.12. The topological polar surface area (TPSA) is 85.4 Å². The molecule has 160 valence electrons. The molecule has 0 aliphatic heterocycles. The second-order valence-electron chi connectivity index (χ2n) is 6.91. The second kappa shape index (κ2) is 9.00. The summed E-state index contributed by atoms with van der Waals surface area (Å²) >= 11 is 6.23. The number of aliphatic imine (C=N–C) groups is 1. The first kappa shape index (κ1) is 21.8. The molecule has 0 aliphatic carbocycles. The van der Waals surface area contributed by atoms with Gasteiger partial charge in [-0.3, -0.25) is 0 Å². The van der Waals surface area contributed by atoms with E-state index in [1.54, 1.807) is 6.07 Å². The molecule has 3 aromatic carbocycles. The maximum Gasteiger partial charge on any atom is 0.238 e. The number of halogens is 2. The Balaban J connectivity index is 1.88. The zero-order valence-corrected chi connectivity index (χ0v) is 18.2. The first-order valence-electron chi connectivity index (χ1n) is 9.51. The molecule has 0 atom stereocenters. The van der Waals surface area contributed by atoms with Crippen molar-refractivity contribution in [2.45, 2.75) is 4.90 Å². The Morgan fingerprint density at radius 3 is 2.03 bits per heavy atom. The summed E-state index contributed by atoms with van der Waals surface area (Å²) in [6, 6.07) is 24.0. The van der Waals surface area contributed by atoms with Gasteiger partial charge in [0.15, 0.2) is 0 Å². The summed E-state index contributed by atoms with van der Waals surface area (Å²) in [5.41, 5.74) is 3.06. The number of nitrogens with zero attached hydrogens (tertiary/aromatic N) is 2. The zero-order chi connectivity index (χ0) is 22.7. The highest BCUT2D eigenvalue weighted by molar-refractivity contribution is 7.89. The fourth-order valence-corrected chi connectivity index (χ4v) is 3.94. The first-order chi connectivity index (χ1) is 15.3. The fraction of sp³-hybridized carbons (Fsp3) is 0. The summed E-state index contributed by atoms with van der Waals surface area (Å²) in [7, 11) is -4.02. The normalized spacial score (nSPS) is 11.2. The van der Waals surface area contributed by atoms with Gasteiger partial charge in [-0.2, -0.15) is 0 Å². The SMILES string of the molecule is NS(=O)(=O)c1ccc(F)c(-c2cc(N=C(c3ccccc3)c3ccccc3)cnc2Cl)c1. The van der Waals surface area contributed by atoms with Crippen molar-refractivity contribution in [3.8, 4) is 11.1 Å². The van der Waals surface area contributed by atoms with E-state index in [9.17, 15) is 12.8 Å². The number of pyridine rings is 1. The molecule has 0 saturated heterocycles. The molecule has 0 radical (unpaired) electrons. The zero-order valence-electron chi connectivity index (χ0n) is 16.6. The van der Waals surface area contributed by atoms with Crippen molar-refractivity contribution in [2.24, 2.45) is 10.1 Å². The van der Waals surface area contributed by atoms with Crippen LogP contribution >= 0.6 is 11.6 Å². The van der Waals surface area contributed by atoms with Crippen molar-refractivity contribution in [1.29, 1.82) is 0 Å². The minimum Gasteiger partial charge on any atom is -0.246 e. The van der Waals surface area contributed by atoms with Crippen LogP contribution in [0.5, 0.6) is 0 Å². The molecule has 0 unspecified atom stereocenters. The summed E-state index contributed by atoms with van der Waals surface area (Å²) in [4.78, 5) is 8.67. The van der Waals surface area contributed by atoms with Crippen LogP contribution in [0.1, 0.15) is 11.1 Å². The standard InChI is InChI=1S/C24H17ClFN3O2S/c25-24-21(20-14-19(32(27,30)31)11-12-22(20)26)13-18(15-28-24)29-23(16-7-3-1-4-8-16)17-9-5-2-6-10-17/h1-15H,(H2,27,30,31). The number of benzene rings is 3. The Hall–Kier alpha value is -3.39. The predicted molar refractivity (Wildman–Crippen MR) is 124 cm³/mol. The lowest BCUT2D eigenvalue weighted by molar-refractivity contribution is 0.596. The molecule has 5 nitrogen and oxygen atoms in total. The van der Waals surface area contributed by atoms with Crippen LogP contribution in [-0.2, 0) is 10.0 Å². The largest absolute Gasteiger partial charge is 0.246 e. The van der Waals surface area contributed by atoms with E-state index in [-0.39, 0.29) is 21.2 Å². The Labute approximate surface area is 190 Å². The highest BCUT2D eigenvalue weighted by Crippen LogP contribution is 2.33. The highest BCUT2D eigenvalue weighted by atomic mass is 35.5. The molecule has 2 N–H and O–H groups in total. The van der Waals surface area contributed by atoms with Crippen LogP contribution in [0.3, 0.4) is 0 Å². The van der Waals surface area contributed by atoms with E-state index in [0.717, 1.165) is 29.3 Å². The fourth-order valence-electron chi connectivity index (χ4n) is 3.19. The predicted octanol–water partition coefficient (Wildman–Crippen LogP) is 5.36. The second-order valence-corrected chi connectivity index (χ2v) is 8.83. The Morgan fingerprint density at radius 2 is 1.47 bits per heavy atom. The number of hydrogen-bond donors (Lipinski definition) is 1. The van der Waals surface area contributed by atoms with Gasteiger partial charge in [0.1, 0.15) is 11.0 Å². The summed E-state index contributed by atoms with van der Waals surface area (Å²) in [5.74, 6) is -0.659. The van der Waals surface area contributed by atoms with E-state index in [1.165, 1.54) is 6.20 Å².